The highest BCUT2D eigenvalue weighted by Crippen LogP contribution is 2.27. The highest BCUT2D eigenvalue weighted by molar-refractivity contribution is 5.78. The zero-order valence-corrected chi connectivity index (χ0v) is 16.2. The fourth-order valence-corrected chi connectivity index (χ4v) is 3.80. The molecule has 0 saturated carbocycles. The normalized spacial score (nSPS) is 17.7. The molecule has 27 heavy (non-hydrogen) atoms. The maximum atomic E-state index is 13.5. The van der Waals surface area contributed by atoms with Crippen molar-refractivity contribution in [3.8, 4) is 11.3 Å². The number of aromatic nitrogens is 1. The van der Waals surface area contributed by atoms with Gasteiger partial charge in [0, 0.05) is 36.8 Å². The standard InChI is InChI=1S/C22H28FN3O/c1-3-26(4-2)22(27)16-25-13-7-9-18(15-25)21-12-6-11-20(24-21)17-8-5-10-19(23)14-17/h5-6,8,10-12,14,18H,3-4,7,9,13,15-16H2,1-2H3/t18-/m1/s1. The number of carbonyl (C=O) groups excluding carboxylic acids is 1. The lowest BCUT2D eigenvalue weighted by molar-refractivity contribution is -0.132. The molecule has 1 atom stereocenters. The van der Waals surface area contributed by atoms with Crippen molar-refractivity contribution in [2.24, 2.45) is 0 Å². The minimum absolute atomic E-state index is 0.196. The number of hydrogen-bond donors (Lipinski definition) is 0. The van der Waals surface area contributed by atoms with E-state index in [1.807, 2.05) is 43.0 Å². The lowest BCUT2D eigenvalue weighted by Crippen LogP contribution is -2.43. The molecule has 0 radical (unpaired) electrons. The van der Waals surface area contributed by atoms with E-state index in [2.05, 4.69) is 4.90 Å². The summed E-state index contributed by atoms with van der Waals surface area (Å²) in [4.78, 5) is 21.3. The molecule has 1 aromatic carbocycles. The van der Waals surface area contributed by atoms with Gasteiger partial charge in [-0.25, -0.2) is 4.39 Å². The Bertz CT molecular complexity index is 776. The van der Waals surface area contributed by atoms with Crippen LogP contribution in [-0.2, 0) is 4.79 Å². The lowest BCUT2D eigenvalue weighted by atomic mass is 9.93. The minimum Gasteiger partial charge on any atom is -0.342 e. The highest BCUT2D eigenvalue weighted by Gasteiger charge is 2.25. The van der Waals surface area contributed by atoms with Gasteiger partial charge in [-0.05, 0) is 57.5 Å². The maximum absolute atomic E-state index is 13.5. The molecule has 0 bridgehead atoms. The number of pyridine rings is 1. The molecule has 2 aromatic rings. The van der Waals surface area contributed by atoms with Crippen LogP contribution in [0.4, 0.5) is 4.39 Å². The van der Waals surface area contributed by atoms with Gasteiger partial charge in [0.1, 0.15) is 5.82 Å². The Morgan fingerprint density at radius 3 is 2.74 bits per heavy atom. The largest absolute Gasteiger partial charge is 0.342 e. The number of piperidine rings is 1. The Morgan fingerprint density at radius 1 is 1.22 bits per heavy atom. The first-order chi connectivity index (χ1) is 13.1. The van der Waals surface area contributed by atoms with Crippen molar-refractivity contribution in [3.63, 3.8) is 0 Å². The number of likely N-dealkylation sites (N-methyl/N-ethyl adjacent to an activating group) is 1. The molecule has 0 unspecified atom stereocenters. The van der Waals surface area contributed by atoms with Gasteiger partial charge in [-0.15, -0.1) is 0 Å². The van der Waals surface area contributed by atoms with Gasteiger partial charge < -0.3 is 4.90 Å². The molecule has 3 rings (SSSR count). The molecule has 0 N–H and O–H groups in total. The smallest absolute Gasteiger partial charge is 0.236 e. The van der Waals surface area contributed by atoms with E-state index in [0.29, 0.717) is 12.5 Å². The Morgan fingerprint density at radius 2 is 2.00 bits per heavy atom. The second kappa shape index (κ2) is 9.09. The van der Waals surface area contributed by atoms with Crippen LogP contribution in [-0.4, -0.2) is 53.4 Å². The van der Waals surface area contributed by atoms with Crippen molar-refractivity contribution >= 4 is 5.91 Å². The number of benzene rings is 1. The first kappa shape index (κ1) is 19.5. The first-order valence-electron chi connectivity index (χ1n) is 9.83. The van der Waals surface area contributed by atoms with Gasteiger partial charge >= 0.3 is 0 Å². The van der Waals surface area contributed by atoms with Crippen LogP contribution < -0.4 is 0 Å². The third kappa shape index (κ3) is 4.92. The van der Waals surface area contributed by atoms with Gasteiger partial charge in [0.25, 0.3) is 0 Å². The molecule has 4 nitrogen and oxygen atoms in total. The number of carbonyl (C=O) groups is 1. The van der Waals surface area contributed by atoms with Gasteiger partial charge in [0.15, 0.2) is 0 Å². The minimum atomic E-state index is -0.251. The number of rotatable bonds is 6. The molecule has 1 aliphatic rings. The highest BCUT2D eigenvalue weighted by atomic mass is 19.1. The summed E-state index contributed by atoms with van der Waals surface area (Å²) >= 11 is 0. The lowest BCUT2D eigenvalue weighted by Gasteiger charge is -2.33. The van der Waals surface area contributed by atoms with E-state index in [1.54, 1.807) is 6.07 Å². The molecular formula is C22H28FN3O. The summed E-state index contributed by atoms with van der Waals surface area (Å²) in [5.74, 6) is 0.248. The summed E-state index contributed by atoms with van der Waals surface area (Å²) in [5.41, 5.74) is 2.61. The molecule has 1 saturated heterocycles. The summed E-state index contributed by atoms with van der Waals surface area (Å²) in [6.45, 7) is 7.81. The number of hydrogen-bond acceptors (Lipinski definition) is 3. The molecule has 1 aliphatic heterocycles. The van der Waals surface area contributed by atoms with Crippen LogP contribution in [0.25, 0.3) is 11.3 Å². The van der Waals surface area contributed by atoms with Crippen LogP contribution in [0.1, 0.15) is 38.3 Å². The van der Waals surface area contributed by atoms with Gasteiger partial charge in [-0.3, -0.25) is 14.7 Å². The van der Waals surface area contributed by atoms with E-state index in [-0.39, 0.29) is 11.7 Å². The van der Waals surface area contributed by atoms with Crippen LogP contribution in [0.15, 0.2) is 42.5 Å². The third-order valence-electron chi connectivity index (χ3n) is 5.29. The van der Waals surface area contributed by atoms with Gasteiger partial charge in [-0.2, -0.15) is 0 Å². The molecule has 0 aliphatic carbocycles. The van der Waals surface area contributed by atoms with Gasteiger partial charge in [0.05, 0.1) is 12.2 Å². The average molecular weight is 369 g/mol. The quantitative estimate of drug-likeness (QED) is 0.774. The average Bonchev–Trinajstić information content (AvgIpc) is 2.69. The van der Waals surface area contributed by atoms with Crippen molar-refractivity contribution in [1.82, 2.24) is 14.8 Å². The fraction of sp³-hybridized carbons (Fsp3) is 0.455. The van der Waals surface area contributed by atoms with Crippen molar-refractivity contribution in [2.75, 3.05) is 32.7 Å². The molecule has 0 spiro atoms. The zero-order chi connectivity index (χ0) is 19.2. The van der Waals surface area contributed by atoms with Crippen LogP contribution >= 0.6 is 0 Å². The van der Waals surface area contributed by atoms with E-state index in [4.69, 9.17) is 4.98 Å². The molecule has 1 amide bonds. The first-order valence-corrected chi connectivity index (χ1v) is 9.83. The van der Waals surface area contributed by atoms with E-state index in [0.717, 1.165) is 56.0 Å². The van der Waals surface area contributed by atoms with Crippen molar-refractivity contribution in [2.45, 2.75) is 32.6 Å². The predicted molar refractivity (Wildman–Crippen MR) is 106 cm³/mol. The predicted octanol–water partition coefficient (Wildman–Crippen LogP) is 3.94. The van der Waals surface area contributed by atoms with Crippen LogP contribution in [0, 0.1) is 5.82 Å². The molecule has 2 heterocycles. The second-order valence-corrected chi connectivity index (χ2v) is 7.10. The maximum Gasteiger partial charge on any atom is 0.236 e. The Hall–Kier alpha value is -2.27. The Balaban J connectivity index is 1.71. The zero-order valence-electron chi connectivity index (χ0n) is 16.2. The van der Waals surface area contributed by atoms with E-state index >= 15 is 0 Å². The van der Waals surface area contributed by atoms with Gasteiger partial charge in [-0.1, -0.05) is 18.2 Å². The summed E-state index contributed by atoms with van der Waals surface area (Å²) in [7, 11) is 0. The number of nitrogens with zero attached hydrogens (tertiary/aromatic N) is 3. The van der Waals surface area contributed by atoms with E-state index in [1.165, 1.54) is 12.1 Å². The molecular weight excluding hydrogens is 341 g/mol. The molecule has 144 valence electrons. The fourth-order valence-electron chi connectivity index (χ4n) is 3.80. The Labute approximate surface area is 161 Å². The molecule has 1 fully saturated rings. The summed E-state index contributed by atoms with van der Waals surface area (Å²) in [6.07, 6.45) is 2.12. The third-order valence-corrected chi connectivity index (χ3v) is 5.29. The molecule has 1 aromatic heterocycles. The number of amides is 1. The Kier molecular flexibility index (Phi) is 6.56. The van der Waals surface area contributed by atoms with Crippen molar-refractivity contribution < 1.29 is 9.18 Å². The monoisotopic (exact) mass is 369 g/mol. The van der Waals surface area contributed by atoms with Crippen LogP contribution in [0.2, 0.25) is 0 Å². The molecule has 5 heteroatoms. The van der Waals surface area contributed by atoms with Gasteiger partial charge in [0.2, 0.25) is 5.91 Å². The van der Waals surface area contributed by atoms with Crippen LogP contribution in [0.3, 0.4) is 0 Å². The van der Waals surface area contributed by atoms with Crippen molar-refractivity contribution in [3.05, 3.63) is 54.0 Å². The summed E-state index contributed by atoms with van der Waals surface area (Å²) in [6, 6.07) is 12.5. The topological polar surface area (TPSA) is 36.4 Å². The number of halogens is 1. The van der Waals surface area contributed by atoms with Crippen LogP contribution in [0.5, 0.6) is 0 Å². The van der Waals surface area contributed by atoms with E-state index < -0.39 is 0 Å². The summed E-state index contributed by atoms with van der Waals surface area (Å²) < 4.78 is 13.5. The number of likely N-dealkylation sites (tertiary alicyclic amines) is 1. The summed E-state index contributed by atoms with van der Waals surface area (Å²) in [5, 5.41) is 0. The van der Waals surface area contributed by atoms with Crippen molar-refractivity contribution in [1.29, 1.82) is 0 Å². The SMILES string of the molecule is CCN(CC)C(=O)CN1CCC[C@@H](c2cccc(-c3cccc(F)c3)n2)C1. The van der Waals surface area contributed by atoms with E-state index in [9.17, 15) is 9.18 Å². The second-order valence-electron chi connectivity index (χ2n) is 7.10.